The highest BCUT2D eigenvalue weighted by Gasteiger charge is 2.25. The van der Waals surface area contributed by atoms with Gasteiger partial charge in [-0.3, -0.25) is 9.59 Å². The molecule has 29 heavy (non-hydrogen) atoms. The first kappa shape index (κ1) is 20.8. The van der Waals surface area contributed by atoms with Crippen molar-refractivity contribution in [3.8, 4) is 5.75 Å². The third-order valence-corrected chi connectivity index (χ3v) is 5.39. The normalized spacial score (nSPS) is 14.5. The molecule has 6 heteroatoms. The van der Waals surface area contributed by atoms with E-state index >= 15 is 0 Å². The van der Waals surface area contributed by atoms with Gasteiger partial charge in [0.15, 0.2) is 0 Å². The second-order valence-electron chi connectivity index (χ2n) is 7.37. The van der Waals surface area contributed by atoms with Crippen LogP contribution in [0.1, 0.15) is 35.2 Å². The van der Waals surface area contributed by atoms with Gasteiger partial charge in [0.2, 0.25) is 5.91 Å². The number of rotatable bonds is 7. The molecule has 2 amide bonds. The fourth-order valence-corrected chi connectivity index (χ4v) is 3.54. The topological polar surface area (TPSA) is 58.6 Å². The number of methoxy groups -OCH3 is 1. The van der Waals surface area contributed by atoms with Crippen LogP contribution >= 0.6 is 0 Å². The fourth-order valence-electron chi connectivity index (χ4n) is 3.54. The number of likely N-dealkylation sites (tertiary alicyclic amines) is 1. The minimum atomic E-state index is -0.483. The van der Waals surface area contributed by atoms with Crippen LogP contribution in [-0.4, -0.2) is 43.5 Å². The molecule has 1 aliphatic heterocycles. The summed E-state index contributed by atoms with van der Waals surface area (Å²) in [5.74, 6) is 0.433. The Kier molecular flexibility index (Phi) is 7.22. The second kappa shape index (κ2) is 10.0. The van der Waals surface area contributed by atoms with E-state index in [2.05, 4.69) is 5.32 Å². The molecule has 1 fully saturated rings. The van der Waals surface area contributed by atoms with Gasteiger partial charge in [-0.15, -0.1) is 0 Å². The number of benzene rings is 2. The maximum Gasteiger partial charge on any atom is 0.256 e. The Morgan fingerprint density at radius 2 is 1.79 bits per heavy atom. The summed E-state index contributed by atoms with van der Waals surface area (Å²) in [5, 5.41) is 3.00. The summed E-state index contributed by atoms with van der Waals surface area (Å²) in [4.78, 5) is 26.3. The van der Waals surface area contributed by atoms with Gasteiger partial charge in [-0.2, -0.15) is 0 Å². The molecule has 0 aliphatic carbocycles. The lowest BCUT2D eigenvalue weighted by atomic mass is 9.96. The Bertz CT molecular complexity index is 830. The van der Waals surface area contributed by atoms with Gasteiger partial charge in [0, 0.05) is 26.1 Å². The molecular formula is C23H27FN2O3. The van der Waals surface area contributed by atoms with Crippen LogP contribution in [0.25, 0.3) is 0 Å². The molecule has 1 N–H and O–H groups in total. The van der Waals surface area contributed by atoms with E-state index < -0.39 is 5.82 Å². The van der Waals surface area contributed by atoms with E-state index in [0.29, 0.717) is 38.4 Å². The Balaban J connectivity index is 1.37. The summed E-state index contributed by atoms with van der Waals surface area (Å²) in [7, 11) is 1.63. The highest BCUT2D eigenvalue weighted by molar-refractivity contribution is 5.94. The molecule has 5 nitrogen and oxygen atoms in total. The zero-order chi connectivity index (χ0) is 20.6. The van der Waals surface area contributed by atoms with E-state index in [4.69, 9.17) is 4.74 Å². The molecule has 0 bridgehead atoms. The van der Waals surface area contributed by atoms with Gasteiger partial charge in [0.1, 0.15) is 11.6 Å². The van der Waals surface area contributed by atoms with Crippen molar-refractivity contribution in [1.82, 2.24) is 10.2 Å². The molecule has 0 spiro atoms. The summed E-state index contributed by atoms with van der Waals surface area (Å²) in [6.07, 6.45) is 2.74. The molecule has 1 aliphatic rings. The third-order valence-electron chi connectivity index (χ3n) is 5.39. The monoisotopic (exact) mass is 398 g/mol. The van der Waals surface area contributed by atoms with Gasteiger partial charge in [0.05, 0.1) is 12.7 Å². The standard InChI is InChI=1S/C23H27FN2O3/c1-29-19-9-6-17(7-10-19)8-11-22(27)25-16-18-12-14-26(15-13-18)23(28)20-4-2-3-5-21(20)24/h2-7,9-10,18H,8,11-16H2,1H3,(H,25,27). The minimum Gasteiger partial charge on any atom is -0.497 e. The van der Waals surface area contributed by atoms with Crippen LogP contribution in [0.5, 0.6) is 5.75 Å². The molecule has 1 saturated heterocycles. The van der Waals surface area contributed by atoms with Gasteiger partial charge in [-0.25, -0.2) is 4.39 Å². The summed E-state index contributed by atoms with van der Waals surface area (Å²) < 4.78 is 18.9. The number of hydrogen-bond donors (Lipinski definition) is 1. The summed E-state index contributed by atoms with van der Waals surface area (Å²) in [6.45, 7) is 1.78. The molecule has 0 atom stereocenters. The van der Waals surface area contributed by atoms with Crippen LogP contribution in [0, 0.1) is 11.7 Å². The van der Waals surface area contributed by atoms with E-state index in [1.54, 1.807) is 24.1 Å². The first-order chi connectivity index (χ1) is 14.1. The number of piperidine rings is 1. The molecule has 1 heterocycles. The lowest BCUT2D eigenvalue weighted by Crippen LogP contribution is -2.41. The van der Waals surface area contributed by atoms with Crippen LogP contribution in [-0.2, 0) is 11.2 Å². The SMILES string of the molecule is COc1ccc(CCC(=O)NCC2CCN(C(=O)c3ccccc3F)CC2)cc1. The van der Waals surface area contributed by atoms with Crippen molar-refractivity contribution in [2.24, 2.45) is 5.92 Å². The molecule has 0 aromatic heterocycles. The Labute approximate surface area is 170 Å². The zero-order valence-electron chi connectivity index (χ0n) is 16.7. The van der Waals surface area contributed by atoms with Crippen molar-refractivity contribution >= 4 is 11.8 Å². The Hall–Kier alpha value is -2.89. The van der Waals surface area contributed by atoms with Crippen LogP contribution < -0.4 is 10.1 Å². The molecule has 2 aromatic rings. The molecule has 0 radical (unpaired) electrons. The average Bonchev–Trinajstić information content (AvgIpc) is 2.77. The van der Waals surface area contributed by atoms with Gasteiger partial charge in [-0.05, 0) is 55.0 Å². The van der Waals surface area contributed by atoms with Gasteiger partial charge in [-0.1, -0.05) is 24.3 Å². The van der Waals surface area contributed by atoms with Crippen LogP contribution in [0.15, 0.2) is 48.5 Å². The smallest absolute Gasteiger partial charge is 0.256 e. The number of ether oxygens (including phenoxy) is 1. The van der Waals surface area contributed by atoms with Crippen molar-refractivity contribution in [2.45, 2.75) is 25.7 Å². The van der Waals surface area contributed by atoms with E-state index in [9.17, 15) is 14.0 Å². The lowest BCUT2D eigenvalue weighted by molar-refractivity contribution is -0.121. The van der Waals surface area contributed by atoms with Crippen molar-refractivity contribution < 1.29 is 18.7 Å². The molecular weight excluding hydrogens is 371 g/mol. The number of aryl methyl sites for hydroxylation is 1. The van der Waals surface area contributed by atoms with Crippen molar-refractivity contribution in [3.63, 3.8) is 0 Å². The van der Waals surface area contributed by atoms with Crippen LogP contribution in [0.3, 0.4) is 0 Å². The number of nitrogens with zero attached hydrogens (tertiary/aromatic N) is 1. The minimum absolute atomic E-state index is 0.0330. The van der Waals surface area contributed by atoms with E-state index in [1.165, 1.54) is 12.1 Å². The second-order valence-corrected chi connectivity index (χ2v) is 7.37. The third kappa shape index (κ3) is 5.79. The largest absolute Gasteiger partial charge is 0.497 e. The number of carbonyl (C=O) groups is 2. The van der Waals surface area contributed by atoms with E-state index in [0.717, 1.165) is 24.2 Å². The summed E-state index contributed by atoms with van der Waals surface area (Å²) in [6, 6.07) is 13.8. The fraction of sp³-hybridized carbons (Fsp3) is 0.391. The quantitative estimate of drug-likeness (QED) is 0.777. The van der Waals surface area contributed by atoms with Crippen LogP contribution in [0.4, 0.5) is 4.39 Å². The highest BCUT2D eigenvalue weighted by atomic mass is 19.1. The van der Waals surface area contributed by atoms with Crippen LogP contribution in [0.2, 0.25) is 0 Å². The summed E-state index contributed by atoms with van der Waals surface area (Å²) in [5.41, 5.74) is 1.22. The molecule has 3 rings (SSSR count). The predicted octanol–water partition coefficient (Wildman–Crippen LogP) is 3.44. The number of halogens is 1. The van der Waals surface area contributed by atoms with Gasteiger partial charge >= 0.3 is 0 Å². The predicted molar refractivity (Wildman–Crippen MR) is 109 cm³/mol. The molecule has 0 saturated carbocycles. The van der Waals surface area contributed by atoms with Gasteiger partial charge < -0.3 is 15.0 Å². The molecule has 154 valence electrons. The maximum atomic E-state index is 13.8. The number of nitrogens with one attached hydrogen (secondary N) is 1. The number of amides is 2. The Morgan fingerprint density at radius 3 is 2.45 bits per heavy atom. The van der Waals surface area contributed by atoms with E-state index in [-0.39, 0.29) is 17.4 Å². The van der Waals surface area contributed by atoms with E-state index in [1.807, 2.05) is 24.3 Å². The average molecular weight is 398 g/mol. The number of hydrogen-bond acceptors (Lipinski definition) is 3. The Morgan fingerprint density at radius 1 is 1.10 bits per heavy atom. The highest BCUT2D eigenvalue weighted by Crippen LogP contribution is 2.20. The first-order valence-corrected chi connectivity index (χ1v) is 10.00. The maximum absolute atomic E-state index is 13.8. The molecule has 2 aromatic carbocycles. The molecule has 0 unspecified atom stereocenters. The van der Waals surface area contributed by atoms with Crippen molar-refractivity contribution in [3.05, 3.63) is 65.5 Å². The lowest BCUT2D eigenvalue weighted by Gasteiger charge is -2.32. The van der Waals surface area contributed by atoms with Crippen molar-refractivity contribution in [1.29, 1.82) is 0 Å². The summed E-state index contributed by atoms with van der Waals surface area (Å²) >= 11 is 0. The van der Waals surface area contributed by atoms with Crippen molar-refractivity contribution in [2.75, 3.05) is 26.7 Å². The van der Waals surface area contributed by atoms with Gasteiger partial charge in [0.25, 0.3) is 5.91 Å². The zero-order valence-corrected chi connectivity index (χ0v) is 16.7. The number of carbonyl (C=O) groups excluding carboxylic acids is 2. The first-order valence-electron chi connectivity index (χ1n) is 10.00.